The Balaban J connectivity index is 1.97. The Hall–Kier alpha value is -1.52. The summed E-state index contributed by atoms with van der Waals surface area (Å²) < 4.78 is 16.8. The lowest BCUT2D eigenvalue weighted by atomic mass is 9.67. The van der Waals surface area contributed by atoms with Gasteiger partial charge < -0.3 is 14.0 Å². The van der Waals surface area contributed by atoms with Crippen LogP contribution in [-0.2, 0) is 9.31 Å². The lowest BCUT2D eigenvalue weighted by molar-refractivity contribution is 0.128. The molecular formula is C16H19BO3. The van der Waals surface area contributed by atoms with Crippen LogP contribution in [0.2, 0.25) is 0 Å². The third-order valence-corrected chi connectivity index (χ3v) is 3.87. The molecule has 0 saturated carbocycles. The first-order valence-corrected chi connectivity index (χ1v) is 7.09. The molecule has 1 aliphatic rings. The van der Waals surface area contributed by atoms with Crippen LogP contribution in [0, 0.1) is 0 Å². The van der Waals surface area contributed by atoms with E-state index < -0.39 is 0 Å². The molecular weight excluding hydrogens is 251 g/mol. The maximum absolute atomic E-state index is 5.74. The normalized spacial score (nSPS) is 17.2. The number of hydrogen-bond acceptors (Lipinski definition) is 3. The molecule has 104 valence electrons. The highest BCUT2D eigenvalue weighted by Crippen LogP contribution is 2.30. The summed E-state index contributed by atoms with van der Waals surface area (Å²) in [5.41, 5.74) is 1.26. The predicted octanol–water partition coefficient (Wildman–Crippen LogP) is 3.42. The van der Waals surface area contributed by atoms with E-state index >= 15 is 0 Å². The standard InChI is InChI=1S/C16H19BO3/c1-12(17-19-9-4-10-20-17)15-6-3-5-13-11-14(18-2)7-8-16(13)15/h3,5-8,11-12H,4,9-10H2,1-2H3/t12-/m0/s1. The van der Waals surface area contributed by atoms with Gasteiger partial charge in [0.2, 0.25) is 0 Å². The van der Waals surface area contributed by atoms with E-state index in [0.29, 0.717) is 0 Å². The maximum atomic E-state index is 5.74. The Morgan fingerprint density at radius 3 is 2.70 bits per heavy atom. The van der Waals surface area contributed by atoms with Crippen molar-refractivity contribution in [2.45, 2.75) is 19.2 Å². The highest BCUT2D eigenvalue weighted by atomic mass is 16.6. The third kappa shape index (κ3) is 2.54. The van der Waals surface area contributed by atoms with Gasteiger partial charge in [0.15, 0.2) is 0 Å². The molecule has 1 aliphatic heterocycles. The van der Waals surface area contributed by atoms with Crippen LogP contribution < -0.4 is 4.74 Å². The summed E-state index contributed by atoms with van der Waals surface area (Å²) in [5.74, 6) is 1.10. The second-order valence-electron chi connectivity index (χ2n) is 5.19. The topological polar surface area (TPSA) is 27.7 Å². The summed E-state index contributed by atoms with van der Waals surface area (Å²) in [6.45, 7) is 3.73. The molecule has 3 rings (SSSR count). The largest absolute Gasteiger partial charge is 0.497 e. The van der Waals surface area contributed by atoms with Crippen molar-refractivity contribution in [2.75, 3.05) is 20.3 Å². The molecule has 2 aromatic carbocycles. The van der Waals surface area contributed by atoms with Gasteiger partial charge >= 0.3 is 7.12 Å². The van der Waals surface area contributed by atoms with Crippen LogP contribution in [0.3, 0.4) is 0 Å². The van der Waals surface area contributed by atoms with Gasteiger partial charge in [0.25, 0.3) is 0 Å². The highest BCUT2D eigenvalue weighted by Gasteiger charge is 2.30. The molecule has 4 heteroatoms. The van der Waals surface area contributed by atoms with E-state index in [9.17, 15) is 0 Å². The molecule has 0 radical (unpaired) electrons. The molecule has 0 amide bonds. The summed E-state index contributed by atoms with van der Waals surface area (Å²) in [5, 5.41) is 2.42. The van der Waals surface area contributed by atoms with Crippen molar-refractivity contribution < 1.29 is 14.0 Å². The minimum atomic E-state index is -0.142. The lowest BCUT2D eigenvalue weighted by Gasteiger charge is -2.25. The number of ether oxygens (including phenoxy) is 1. The van der Waals surface area contributed by atoms with Gasteiger partial charge in [-0.3, -0.25) is 0 Å². The van der Waals surface area contributed by atoms with Gasteiger partial charge in [-0.25, -0.2) is 0 Å². The fourth-order valence-corrected chi connectivity index (χ4v) is 2.75. The maximum Gasteiger partial charge on any atom is 0.464 e. The number of fused-ring (bicyclic) bond motifs is 1. The van der Waals surface area contributed by atoms with Crippen molar-refractivity contribution in [3.8, 4) is 5.75 Å². The van der Waals surface area contributed by atoms with Crippen molar-refractivity contribution >= 4 is 17.9 Å². The second kappa shape index (κ2) is 5.86. The zero-order valence-corrected chi connectivity index (χ0v) is 12.0. The van der Waals surface area contributed by atoms with Crippen molar-refractivity contribution in [2.24, 2.45) is 0 Å². The summed E-state index contributed by atoms with van der Waals surface area (Å²) >= 11 is 0. The lowest BCUT2D eigenvalue weighted by Crippen LogP contribution is -2.34. The van der Waals surface area contributed by atoms with E-state index in [2.05, 4.69) is 37.3 Å². The molecule has 1 saturated heterocycles. The SMILES string of the molecule is COc1ccc2c([C@H](C)B3OCCCO3)cccc2c1. The Morgan fingerprint density at radius 1 is 1.15 bits per heavy atom. The molecule has 1 fully saturated rings. The van der Waals surface area contributed by atoms with Crippen LogP contribution in [0.4, 0.5) is 0 Å². The first-order chi connectivity index (χ1) is 9.79. The Morgan fingerprint density at radius 2 is 1.95 bits per heavy atom. The number of benzene rings is 2. The van der Waals surface area contributed by atoms with Crippen LogP contribution in [0.15, 0.2) is 36.4 Å². The van der Waals surface area contributed by atoms with Crippen LogP contribution in [0.25, 0.3) is 10.8 Å². The highest BCUT2D eigenvalue weighted by molar-refractivity contribution is 6.46. The average molecular weight is 270 g/mol. The molecule has 0 aliphatic carbocycles. The van der Waals surface area contributed by atoms with Crippen LogP contribution >= 0.6 is 0 Å². The first kappa shape index (κ1) is 13.5. The zero-order chi connectivity index (χ0) is 13.9. The van der Waals surface area contributed by atoms with Crippen LogP contribution in [0.1, 0.15) is 24.7 Å². The van der Waals surface area contributed by atoms with Crippen molar-refractivity contribution in [3.63, 3.8) is 0 Å². The Labute approximate surface area is 120 Å². The molecule has 0 N–H and O–H groups in total. The van der Waals surface area contributed by atoms with E-state index in [1.807, 2.05) is 6.07 Å². The molecule has 20 heavy (non-hydrogen) atoms. The van der Waals surface area contributed by atoms with Gasteiger partial charge in [-0.05, 0) is 34.9 Å². The van der Waals surface area contributed by atoms with E-state index in [-0.39, 0.29) is 12.9 Å². The smallest absolute Gasteiger partial charge is 0.464 e. The summed E-state index contributed by atoms with van der Waals surface area (Å²) in [4.78, 5) is 0. The molecule has 1 heterocycles. The number of methoxy groups -OCH3 is 1. The summed E-state index contributed by atoms with van der Waals surface area (Å²) in [6, 6.07) is 12.5. The number of hydrogen-bond donors (Lipinski definition) is 0. The van der Waals surface area contributed by atoms with Gasteiger partial charge in [0, 0.05) is 19.0 Å². The average Bonchev–Trinajstić information content (AvgIpc) is 2.54. The van der Waals surface area contributed by atoms with Gasteiger partial charge in [-0.1, -0.05) is 31.2 Å². The molecule has 2 aromatic rings. The first-order valence-electron chi connectivity index (χ1n) is 7.09. The minimum absolute atomic E-state index is 0.142. The molecule has 0 unspecified atom stereocenters. The molecule has 1 atom stereocenters. The van der Waals surface area contributed by atoms with E-state index in [1.165, 1.54) is 16.3 Å². The monoisotopic (exact) mass is 270 g/mol. The van der Waals surface area contributed by atoms with Crippen molar-refractivity contribution in [1.82, 2.24) is 0 Å². The molecule has 0 bridgehead atoms. The minimum Gasteiger partial charge on any atom is -0.497 e. The van der Waals surface area contributed by atoms with Crippen LogP contribution in [-0.4, -0.2) is 27.4 Å². The van der Waals surface area contributed by atoms with Gasteiger partial charge in [-0.15, -0.1) is 0 Å². The summed E-state index contributed by atoms with van der Waals surface area (Å²) in [7, 11) is 1.55. The van der Waals surface area contributed by atoms with Gasteiger partial charge in [0.1, 0.15) is 5.75 Å². The molecule has 0 aromatic heterocycles. The zero-order valence-electron chi connectivity index (χ0n) is 12.0. The van der Waals surface area contributed by atoms with Gasteiger partial charge in [0.05, 0.1) is 7.11 Å². The Bertz CT molecular complexity index is 593. The van der Waals surface area contributed by atoms with E-state index in [1.54, 1.807) is 7.11 Å². The Kier molecular flexibility index (Phi) is 3.94. The quantitative estimate of drug-likeness (QED) is 0.800. The third-order valence-electron chi connectivity index (χ3n) is 3.87. The van der Waals surface area contributed by atoms with Crippen molar-refractivity contribution in [3.05, 3.63) is 42.0 Å². The second-order valence-corrected chi connectivity index (χ2v) is 5.19. The van der Waals surface area contributed by atoms with Gasteiger partial charge in [-0.2, -0.15) is 0 Å². The predicted molar refractivity (Wildman–Crippen MR) is 81.2 cm³/mol. The van der Waals surface area contributed by atoms with E-state index in [0.717, 1.165) is 25.4 Å². The van der Waals surface area contributed by atoms with Crippen LogP contribution in [0.5, 0.6) is 5.75 Å². The van der Waals surface area contributed by atoms with Crippen molar-refractivity contribution in [1.29, 1.82) is 0 Å². The molecule has 3 nitrogen and oxygen atoms in total. The number of rotatable bonds is 3. The fraction of sp³-hybridized carbons (Fsp3) is 0.375. The molecule has 0 spiro atoms. The summed E-state index contributed by atoms with van der Waals surface area (Å²) in [6.07, 6.45) is 0.982. The fourth-order valence-electron chi connectivity index (χ4n) is 2.75. The van der Waals surface area contributed by atoms with E-state index in [4.69, 9.17) is 14.0 Å².